The first-order chi connectivity index (χ1) is 4.81. The van der Waals surface area contributed by atoms with Crippen molar-refractivity contribution in [3.8, 4) is 0 Å². The summed E-state index contributed by atoms with van der Waals surface area (Å²) in [4.78, 5) is 0. The molecule has 1 nitrogen and oxygen atoms in total. The second-order valence-corrected chi connectivity index (χ2v) is 5.51. The lowest BCUT2D eigenvalue weighted by atomic mass is 10.7. The van der Waals surface area contributed by atoms with Crippen molar-refractivity contribution >= 4 is 70.6 Å². The molecule has 0 rings (SSSR count). The van der Waals surface area contributed by atoms with Crippen molar-refractivity contribution in [1.29, 1.82) is 0 Å². The molecule has 0 aliphatic rings. The van der Waals surface area contributed by atoms with Crippen molar-refractivity contribution in [3.63, 3.8) is 0 Å². The molecule has 0 spiro atoms. The predicted octanol–water partition coefficient (Wildman–Crippen LogP) is 3.70. The van der Waals surface area contributed by atoms with Crippen LogP contribution in [0.2, 0.25) is 0 Å². The Bertz CT molecular complexity index is 122. The Morgan fingerprint density at radius 1 is 1.09 bits per heavy atom. The van der Waals surface area contributed by atoms with Gasteiger partial charge in [0.25, 0.3) is 4.52 Å². The van der Waals surface area contributed by atoms with Crippen LogP contribution in [0, 0.1) is 0 Å². The summed E-state index contributed by atoms with van der Waals surface area (Å²) in [5.41, 5.74) is 0. The van der Waals surface area contributed by atoms with Crippen molar-refractivity contribution < 1.29 is 4.74 Å². The molecule has 0 aromatic carbocycles. The predicted molar refractivity (Wildman–Crippen MR) is 53.1 cm³/mol. The molecule has 0 amide bonds. The summed E-state index contributed by atoms with van der Waals surface area (Å²) < 4.78 is 1.06. The fraction of sp³-hybridized carbons (Fsp3) is 1.00. The normalized spacial score (nSPS) is 13.6. The molecule has 0 N–H and O–H groups in total. The SMILES string of the molecule is [S]CCOC(Cl)(Cl)C(Cl)(Cl)Cl. The molecule has 7 heteroatoms. The third-order valence-electron chi connectivity index (χ3n) is 0.697. The standard InChI is InChI=1S/C4H4Cl5OS/c5-3(6,7)4(8,9)10-1-2-11/h1-2H2. The van der Waals surface area contributed by atoms with Gasteiger partial charge in [0.2, 0.25) is 3.79 Å². The summed E-state index contributed by atoms with van der Waals surface area (Å²) in [6.45, 7) is 0.163. The van der Waals surface area contributed by atoms with Crippen molar-refractivity contribution in [3.05, 3.63) is 0 Å². The van der Waals surface area contributed by atoms with Gasteiger partial charge in [-0.05, 0) is 0 Å². The van der Waals surface area contributed by atoms with E-state index in [1.165, 1.54) is 0 Å². The Labute approximate surface area is 95.6 Å². The number of hydrogen-bond donors (Lipinski definition) is 0. The number of alkyl halides is 5. The average Bonchev–Trinajstić information content (AvgIpc) is 1.81. The number of hydrogen-bond acceptors (Lipinski definition) is 1. The van der Waals surface area contributed by atoms with Gasteiger partial charge in [0, 0.05) is 5.75 Å². The smallest absolute Gasteiger partial charge is 0.265 e. The Morgan fingerprint density at radius 3 is 1.82 bits per heavy atom. The van der Waals surface area contributed by atoms with Crippen LogP contribution in [0.5, 0.6) is 0 Å². The highest BCUT2D eigenvalue weighted by atomic mass is 35.6. The maximum Gasteiger partial charge on any atom is 0.265 e. The molecule has 0 atom stereocenters. The van der Waals surface area contributed by atoms with Gasteiger partial charge in [0.1, 0.15) is 0 Å². The molecule has 0 saturated heterocycles. The van der Waals surface area contributed by atoms with E-state index < -0.39 is 8.31 Å². The molecule has 0 unspecified atom stereocenters. The fourth-order valence-electron chi connectivity index (χ4n) is 0.252. The highest BCUT2D eigenvalue weighted by molar-refractivity contribution is 7.80. The molecule has 67 valence electrons. The van der Waals surface area contributed by atoms with E-state index in [2.05, 4.69) is 12.6 Å². The zero-order valence-electron chi connectivity index (χ0n) is 5.12. The summed E-state index contributed by atoms with van der Waals surface area (Å²) in [5.74, 6) is 0.335. The largest absolute Gasteiger partial charge is 0.342 e. The lowest BCUT2D eigenvalue weighted by Gasteiger charge is -2.26. The third kappa shape index (κ3) is 4.51. The molecule has 11 heavy (non-hydrogen) atoms. The Balaban J connectivity index is 4.00. The molecule has 0 bridgehead atoms. The molecule has 1 radical (unpaired) electrons. The first-order valence-electron chi connectivity index (χ1n) is 2.48. The van der Waals surface area contributed by atoms with E-state index in [1.54, 1.807) is 0 Å². The molecule has 0 aromatic rings. The molecule has 0 heterocycles. The van der Waals surface area contributed by atoms with Crippen LogP contribution in [0.1, 0.15) is 0 Å². The molecular weight excluding hydrogens is 273 g/mol. The van der Waals surface area contributed by atoms with Gasteiger partial charge in [0.05, 0.1) is 6.61 Å². The highest BCUT2D eigenvalue weighted by Gasteiger charge is 2.47. The quantitative estimate of drug-likeness (QED) is 0.715. The lowest BCUT2D eigenvalue weighted by Crippen LogP contribution is -2.34. The lowest BCUT2D eigenvalue weighted by molar-refractivity contribution is 0.0941. The van der Waals surface area contributed by atoms with Gasteiger partial charge in [0.15, 0.2) is 0 Å². The van der Waals surface area contributed by atoms with E-state index >= 15 is 0 Å². The fourth-order valence-corrected chi connectivity index (χ4v) is 0.653. The van der Waals surface area contributed by atoms with Crippen LogP contribution in [0.4, 0.5) is 0 Å². The number of halogens is 5. The minimum absolute atomic E-state index is 0.163. The van der Waals surface area contributed by atoms with Crippen molar-refractivity contribution in [2.45, 2.75) is 8.31 Å². The van der Waals surface area contributed by atoms with Crippen LogP contribution >= 0.6 is 70.6 Å². The van der Waals surface area contributed by atoms with Gasteiger partial charge in [-0.3, -0.25) is 0 Å². The Hall–Kier alpha value is 1.76. The average molecular weight is 277 g/mol. The third-order valence-corrected chi connectivity index (χ3v) is 3.03. The zero-order valence-corrected chi connectivity index (χ0v) is 9.72. The summed E-state index contributed by atoms with van der Waals surface area (Å²) in [6.07, 6.45) is 0. The van der Waals surface area contributed by atoms with E-state index in [1.807, 2.05) is 0 Å². The maximum absolute atomic E-state index is 5.49. The van der Waals surface area contributed by atoms with Crippen LogP contribution in [-0.4, -0.2) is 20.7 Å². The van der Waals surface area contributed by atoms with Gasteiger partial charge in [-0.2, -0.15) is 0 Å². The second kappa shape index (κ2) is 4.85. The van der Waals surface area contributed by atoms with Crippen LogP contribution in [0.15, 0.2) is 0 Å². The molecule has 0 aliphatic heterocycles. The summed E-state index contributed by atoms with van der Waals surface area (Å²) in [6, 6.07) is 0. The second-order valence-electron chi connectivity index (χ2n) is 1.57. The Kier molecular flexibility index (Phi) is 5.62. The van der Waals surface area contributed by atoms with Crippen LogP contribution in [0.25, 0.3) is 0 Å². The number of ether oxygens (including phenoxy) is 1. The van der Waals surface area contributed by atoms with E-state index in [9.17, 15) is 0 Å². The minimum atomic E-state index is -1.87. The zero-order chi connectivity index (χ0) is 9.12. The van der Waals surface area contributed by atoms with Crippen molar-refractivity contribution in [1.82, 2.24) is 0 Å². The molecule has 0 saturated carbocycles. The monoisotopic (exact) mass is 275 g/mol. The Morgan fingerprint density at radius 2 is 1.55 bits per heavy atom. The summed E-state index contributed by atoms with van der Waals surface area (Å²) in [5, 5.41) is 0. The van der Waals surface area contributed by atoms with Crippen molar-refractivity contribution in [2.75, 3.05) is 12.4 Å². The first kappa shape index (κ1) is 12.8. The van der Waals surface area contributed by atoms with Crippen molar-refractivity contribution in [2.24, 2.45) is 0 Å². The minimum Gasteiger partial charge on any atom is -0.342 e. The van der Waals surface area contributed by atoms with E-state index in [-0.39, 0.29) is 6.61 Å². The van der Waals surface area contributed by atoms with Gasteiger partial charge in [-0.25, -0.2) is 0 Å². The van der Waals surface area contributed by atoms with Gasteiger partial charge < -0.3 is 4.74 Å². The molecule has 0 aromatic heterocycles. The summed E-state index contributed by atoms with van der Waals surface area (Å²) in [7, 11) is 0. The topological polar surface area (TPSA) is 9.23 Å². The van der Waals surface area contributed by atoms with Gasteiger partial charge in [-0.1, -0.05) is 70.6 Å². The summed E-state index contributed by atoms with van der Waals surface area (Å²) >= 11 is 31.7. The van der Waals surface area contributed by atoms with E-state index in [0.717, 1.165) is 0 Å². The van der Waals surface area contributed by atoms with Crippen LogP contribution in [0.3, 0.4) is 0 Å². The van der Waals surface area contributed by atoms with E-state index in [4.69, 9.17) is 62.7 Å². The van der Waals surface area contributed by atoms with E-state index in [0.29, 0.717) is 5.75 Å². The molecular formula is C4H4Cl5OS. The highest BCUT2D eigenvalue weighted by Crippen LogP contribution is 2.46. The van der Waals surface area contributed by atoms with Gasteiger partial charge >= 0.3 is 0 Å². The van der Waals surface area contributed by atoms with Crippen LogP contribution < -0.4 is 0 Å². The number of rotatable bonds is 3. The van der Waals surface area contributed by atoms with Crippen LogP contribution in [-0.2, 0) is 4.74 Å². The molecule has 0 aliphatic carbocycles. The van der Waals surface area contributed by atoms with Gasteiger partial charge in [-0.15, -0.1) is 0 Å². The maximum atomic E-state index is 5.49. The molecule has 0 fully saturated rings. The first-order valence-corrected chi connectivity index (χ1v) is 4.94.